The minimum absolute atomic E-state index is 0.0860. The first-order valence-electron chi connectivity index (χ1n) is 9.34. The third-order valence-corrected chi connectivity index (χ3v) is 4.05. The first-order chi connectivity index (χ1) is 15.4. The van der Waals surface area contributed by atoms with Crippen LogP contribution in [0.2, 0.25) is 0 Å². The Labute approximate surface area is 181 Å². The van der Waals surface area contributed by atoms with Crippen LogP contribution in [-0.4, -0.2) is 30.5 Å². The molecule has 0 aliphatic rings. The van der Waals surface area contributed by atoms with Gasteiger partial charge in [-0.3, -0.25) is 9.59 Å². The van der Waals surface area contributed by atoms with Crippen molar-refractivity contribution in [3.05, 3.63) is 101 Å². The molecule has 2 N–H and O–H groups in total. The fourth-order valence-electron chi connectivity index (χ4n) is 2.51. The summed E-state index contributed by atoms with van der Waals surface area (Å²) in [5.41, 5.74) is 3.02. The van der Waals surface area contributed by atoms with Crippen LogP contribution >= 0.6 is 0 Å². The van der Waals surface area contributed by atoms with Gasteiger partial charge in [-0.15, -0.1) is 0 Å². The Morgan fingerprint density at radius 3 is 2.16 bits per heavy atom. The number of hydrogen-bond donors (Lipinski definition) is 2. The Morgan fingerprint density at radius 2 is 1.50 bits per heavy atom. The van der Waals surface area contributed by atoms with Crippen LogP contribution in [-0.2, 0) is 4.79 Å². The molecule has 0 aromatic heterocycles. The summed E-state index contributed by atoms with van der Waals surface area (Å²) in [5.74, 6) is -2.71. The molecule has 0 atom stereocenters. The summed E-state index contributed by atoms with van der Waals surface area (Å²) in [6.45, 7) is -0.346. The monoisotopic (exact) mass is 437 g/mol. The summed E-state index contributed by atoms with van der Waals surface area (Å²) < 4.78 is 31.5. The van der Waals surface area contributed by atoms with E-state index in [0.29, 0.717) is 5.56 Å². The van der Waals surface area contributed by atoms with E-state index in [0.717, 1.165) is 12.1 Å². The predicted octanol–water partition coefficient (Wildman–Crippen LogP) is 3.06. The number of benzene rings is 3. The number of rotatable bonds is 7. The molecule has 0 aliphatic heterocycles. The average molecular weight is 437 g/mol. The minimum atomic E-state index is -0.696. The zero-order valence-electron chi connectivity index (χ0n) is 16.5. The van der Waals surface area contributed by atoms with Crippen LogP contribution in [0.15, 0.2) is 77.9 Å². The Bertz CT molecular complexity index is 1160. The quantitative estimate of drug-likeness (QED) is 0.257. The molecule has 0 bridgehead atoms. The van der Waals surface area contributed by atoms with Crippen molar-refractivity contribution in [3.63, 3.8) is 0 Å². The van der Waals surface area contributed by atoms with Crippen LogP contribution in [0.3, 0.4) is 0 Å². The summed E-state index contributed by atoms with van der Waals surface area (Å²) in [4.78, 5) is 35.6. The lowest BCUT2D eigenvalue weighted by atomic mass is 10.2. The summed E-state index contributed by atoms with van der Waals surface area (Å²) >= 11 is 0. The van der Waals surface area contributed by atoms with Crippen molar-refractivity contribution in [3.8, 4) is 5.75 Å². The number of nitrogens with one attached hydrogen (secondary N) is 2. The standard InChI is InChI=1S/C23H17F2N3O4/c24-18-5-1-3-16(11-18)22(30)26-14-21(29)28-27-13-15-7-9-20(10-8-15)32-23(31)17-4-2-6-19(25)12-17/h1-13H,14H2,(H,26,30)(H,28,29)/b27-13-. The zero-order chi connectivity index (χ0) is 22.9. The molecule has 2 amide bonds. The number of hydrazone groups is 1. The molecule has 0 unspecified atom stereocenters. The van der Waals surface area contributed by atoms with E-state index >= 15 is 0 Å². The van der Waals surface area contributed by atoms with Gasteiger partial charge in [0, 0.05) is 5.56 Å². The van der Waals surface area contributed by atoms with Crippen molar-refractivity contribution < 1.29 is 27.9 Å². The number of nitrogens with zero attached hydrogens (tertiary/aromatic N) is 1. The second-order valence-corrected chi connectivity index (χ2v) is 6.46. The maximum absolute atomic E-state index is 13.2. The van der Waals surface area contributed by atoms with Crippen molar-refractivity contribution in [1.82, 2.24) is 10.7 Å². The summed E-state index contributed by atoms with van der Waals surface area (Å²) in [6, 6.07) is 16.4. The number of amides is 2. The van der Waals surface area contributed by atoms with Gasteiger partial charge in [0.25, 0.3) is 11.8 Å². The molecule has 0 radical (unpaired) electrons. The van der Waals surface area contributed by atoms with Crippen molar-refractivity contribution in [1.29, 1.82) is 0 Å². The number of halogens is 2. The van der Waals surface area contributed by atoms with E-state index < -0.39 is 29.4 Å². The second kappa shape index (κ2) is 10.6. The van der Waals surface area contributed by atoms with Crippen molar-refractivity contribution in [2.75, 3.05) is 6.54 Å². The number of esters is 1. The van der Waals surface area contributed by atoms with E-state index in [9.17, 15) is 23.2 Å². The van der Waals surface area contributed by atoms with Crippen LogP contribution in [0.1, 0.15) is 26.3 Å². The Morgan fingerprint density at radius 1 is 0.875 bits per heavy atom. The van der Waals surface area contributed by atoms with Crippen LogP contribution in [0.4, 0.5) is 8.78 Å². The third-order valence-electron chi connectivity index (χ3n) is 4.05. The molecule has 32 heavy (non-hydrogen) atoms. The fourth-order valence-corrected chi connectivity index (χ4v) is 2.51. The highest BCUT2D eigenvalue weighted by atomic mass is 19.1. The van der Waals surface area contributed by atoms with Crippen molar-refractivity contribution in [2.45, 2.75) is 0 Å². The molecule has 0 saturated carbocycles. The van der Waals surface area contributed by atoms with Gasteiger partial charge in [0.05, 0.1) is 18.3 Å². The van der Waals surface area contributed by atoms with E-state index in [1.165, 1.54) is 54.7 Å². The molecule has 3 aromatic carbocycles. The number of ether oxygens (including phenoxy) is 1. The molecule has 3 aromatic rings. The first kappa shape index (κ1) is 22.3. The van der Waals surface area contributed by atoms with Gasteiger partial charge in [-0.2, -0.15) is 5.10 Å². The topological polar surface area (TPSA) is 96.9 Å². The Hall–Kier alpha value is -4.40. The summed E-state index contributed by atoms with van der Waals surface area (Å²) in [6.07, 6.45) is 1.35. The SMILES string of the molecule is O=C(CNC(=O)c1cccc(F)c1)N/N=C\c1ccc(OC(=O)c2cccc(F)c2)cc1. The van der Waals surface area contributed by atoms with Gasteiger partial charge < -0.3 is 10.1 Å². The molecule has 7 nitrogen and oxygen atoms in total. The normalized spacial score (nSPS) is 10.6. The number of hydrogen-bond acceptors (Lipinski definition) is 5. The second-order valence-electron chi connectivity index (χ2n) is 6.46. The third kappa shape index (κ3) is 6.56. The smallest absolute Gasteiger partial charge is 0.343 e. The van der Waals surface area contributed by atoms with Crippen LogP contribution in [0.5, 0.6) is 5.75 Å². The number of carbonyl (C=O) groups excluding carboxylic acids is 3. The fraction of sp³-hybridized carbons (Fsp3) is 0.0435. The minimum Gasteiger partial charge on any atom is -0.423 e. The molecule has 0 heterocycles. The molecular weight excluding hydrogens is 420 g/mol. The van der Waals surface area contributed by atoms with Gasteiger partial charge in [0.15, 0.2) is 0 Å². The lowest BCUT2D eigenvalue weighted by Crippen LogP contribution is -2.34. The van der Waals surface area contributed by atoms with E-state index in [-0.39, 0.29) is 23.4 Å². The predicted molar refractivity (Wildman–Crippen MR) is 112 cm³/mol. The first-order valence-corrected chi connectivity index (χ1v) is 9.34. The largest absolute Gasteiger partial charge is 0.423 e. The molecule has 3 rings (SSSR count). The van der Waals surface area contributed by atoms with Crippen LogP contribution in [0, 0.1) is 11.6 Å². The van der Waals surface area contributed by atoms with Gasteiger partial charge >= 0.3 is 5.97 Å². The molecule has 0 fully saturated rings. The average Bonchev–Trinajstić information content (AvgIpc) is 2.78. The van der Waals surface area contributed by atoms with E-state index in [4.69, 9.17) is 4.74 Å². The van der Waals surface area contributed by atoms with Gasteiger partial charge in [-0.25, -0.2) is 19.0 Å². The molecule has 9 heteroatoms. The van der Waals surface area contributed by atoms with E-state index in [2.05, 4.69) is 15.8 Å². The number of carbonyl (C=O) groups is 3. The van der Waals surface area contributed by atoms with Crippen LogP contribution < -0.4 is 15.5 Å². The Kier molecular flexibility index (Phi) is 7.37. The van der Waals surface area contributed by atoms with Crippen molar-refractivity contribution >= 4 is 24.0 Å². The maximum Gasteiger partial charge on any atom is 0.343 e. The highest BCUT2D eigenvalue weighted by molar-refractivity contribution is 5.96. The van der Waals surface area contributed by atoms with Gasteiger partial charge in [0.1, 0.15) is 17.4 Å². The summed E-state index contributed by atoms with van der Waals surface area (Å²) in [7, 11) is 0. The Balaban J connectivity index is 1.45. The zero-order valence-corrected chi connectivity index (χ0v) is 16.5. The highest BCUT2D eigenvalue weighted by Gasteiger charge is 2.10. The lowest BCUT2D eigenvalue weighted by Gasteiger charge is -2.05. The lowest BCUT2D eigenvalue weighted by molar-refractivity contribution is -0.120. The van der Waals surface area contributed by atoms with Crippen LogP contribution in [0.25, 0.3) is 0 Å². The van der Waals surface area contributed by atoms with E-state index in [1.54, 1.807) is 12.1 Å². The van der Waals surface area contributed by atoms with E-state index in [1.807, 2.05) is 0 Å². The van der Waals surface area contributed by atoms with Gasteiger partial charge in [-0.1, -0.05) is 12.1 Å². The van der Waals surface area contributed by atoms with Crippen molar-refractivity contribution in [2.24, 2.45) is 5.10 Å². The van der Waals surface area contributed by atoms with Gasteiger partial charge in [-0.05, 0) is 66.2 Å². The molecule has 162 valence electrons. The maximum atomic E-state index is 13.2. The highest BCUT2D eigenvalue weighted by Crippen LogP contribution is 2.14. The molecule has 0 spiro atoms. The molecule has 0 aliphatic carbocycles. The molecule has 0 saturated heterocycles. The molecular formula is C23H17F2N3O4. The summed E-state index contributed by atoms with van der Waals surface area (Å²) in [5, 5.41) is 6.12. The van der Waals surface area contributed by atoms with Gasteiger partial charge in [0.2, 0.25) is 0 Å².